The van der Waals surface area contributed by atoms with Crippen LogP contribution in [0, 0.1) is 5.92 Å². The molecule has 0 saturated carbocycles. The Balaban J connectivity index is 2.73. The number of likely N-dealkylation sites (N-methyl/N-ethyl adjacent to an activating group) is 1. The molecule has 6 heteroatoms. The monoisotopic (exact) mass is 336 g/mol. The first-order valence-corrected chi connectivity index (χ1v) is 8.11. The summed E-state index contributed by atoms with van der Waals surface area (Å²) < 4.78 is 10.7. The lowest BCUT2D eigenvalue weighted by Crippen LogP contribution is -2.46. The smallest absolute Gasteiger partial charge is 0.410 e. The molecule has 0 aliphatic heterocycles. The van der Waals surface area contributed by atoms with Gasteiger partial charge in [0.1, 0.15) is 18.2 Å². The molecule has 0 fully saturated rings. The SMILES string of the molecule is CC(C)CC(C(=O)OC(C)(C)C)N(C)C(=O)OCc1ccncc1. The Morgan fingerprint density at radius 3 is 2.29 bits per heavy atom. The normalized spacial score (nSPS) is 12.6. The second kappa shape index (κ2) is 8.66. The van der Waals surface area contributed by atoms with Crippen LogP contribution in [0.3, 0.4) is 0 Å². The quantitative estimate of drug-likeness (QED) is 0.745. The van der Waals surface area contributed by atoms with E-state index in [0.717, 1.165) is 5.56 Å². The van der Waals surface area contributed by atoms with Gasteiger partial charge in [-0.2, -0.15) is 0 Å². The van der Waals surface area contributed by atoms with Gasteiger partial charge in [-0.3, -0.25) is 9.88 Å². The summed E-state index contributed by atoms with van der Waals surface area (Å²) in [6.07, 6.45) is 3.23. The predicted molar refractivity (Wildman–Crippen MR) is 91.3 cm³/mol. The number of hydrogen-bond acceptors (Lipinski definition) is 5. The van der Waals surface area contributed by atoms with E-state index in [-0.39, 0.29) is 12.5 Å². The van der Waals surface area contributed by atoms with Gasteiger partial charge in [-0.1, -0.05) is 13.8 Å². The minimum atomic E-state index is -0.672. The molecule has 1 rings (SSSR count). The Bertz CT molecular complexity index is 538. The highest BCUT2D eigenvalue weighted by Gasteiger charge is 2.32. The molecule has 1 heterocycles. The van der Waals surface area contributed by atoms with Crippen molar-refractivity contribution in [2.45, 2.75) is 59.3 Å². The van der Waals surface area contributed by atoms with E-state index in [9.17, 15) is 9.59 Å². The summed E-state index contributed by atoms with van der Waals surface area (Å²) in [5.41, 5.74) is 0.234. The third-order valence-electron chi connectivity index (χ3n) is 3.24. The van der Waals surface area contributed by atoms with Crippen molar-refractivity contribution in [3.8, 4) is 0 Å². The fraction of sp³-hybridized carbons (Fsp3) is 0.611. The van der Waals surface area contributed by atoms with Crippen LogP contribution in [0.4, 0.5) is 4.79 Å². The molecular weight excluding hydrogens is 308 g/mol. The van der Waals surface area contributed by atoms with E-state index in [1.54, 1.807) is 52.3 Å². The lowest BCUT2D eigenvalue weighted by molar-refractivity contribution is -0.161. The first-order chi connectivity index (χ1) is 11.1. The van der Waals surface area contributed by atoms with Crippen molar-refractivity contribution in [2.24, 2.45) is 5.92 Å². The number of carbonyl (C=O) groups excluding carboxylic acids is 2. The lowest BCUT2D eigenvalue weighted by atomic mass is 10.0. The first kappa shape index (κ1) is 19.9. The highest BCUT2D eigenvalue weighted by atomic mass is 16.6. The van der Waals surface area contributed by atoms with Crippen molar-refractivity contribution in [3.05, 3.63) is 30.1 Å². The molecule has 1 amide bonds. The van der Waals surface area contributed by atoms with Crippen LogP contribution in [0.25, 0.3) is 0 Å². The molecule has 1 unspecified atom stereocenters. The maximum atomic E-state index is 12.4. The van der Waals surface area contributed by atoms with Gasteiger partial charge >= 0.3 is 12.1 Å². The molecule has 0 saturated heterocycles. The second-order valence-corrected chi connectivity index (χ2v) is 7.20. The van der Waals surface area contributed by atoms with E-state index < -0.39 is 23.7 Å². The van der Waals surface area contributed by atoms with Crippen LogP contribution in [-0.2, 0) is 20.9 Å². The first-order valence-electron chi connectivity index (χ1n) is 8.11. The van der Waals surface area contributed by atoms with Gasteiger partial charge in [0.2, 0.25) is 0 Å². The van der Waals surface area contributed by atoms with E-state index in [1.807, 2.05) is 13.8 Å². The Labute approximate surface area is 144 Å². The van der Waals surface area contributed by atoms with Crippen molar-refractivity contribution in [3.63, 3.8) is 0 Å². The van der Waals surface area contributed by atoms with Crippen LogP contribution in [0.1, 0.15) is 46.6 Å². The molecule has 0 aliphatic carbocycles. The number of hydrogen-bond donors (Lipinski definition) is 0. The average Bonchev–Trinajstić information content (AvgIpc) is 2.48. The summed E-state index contributed by atoms with van der Waals surface area (Å²) >= 11 is 0. The maximum Gasteiger partial charge on any atom is 0.410 e. The minimum absolute atomic E-state index is 0.133. The molecule has 1 aromatic rings. The molecular formula is C18H28N2O4. The summed E-state index contributed by atoms with van der Waals surface area (Å²) in [7, 11) is 1.56. The van der Waals surface area contributed by atoms with Gasteiger partial charge in [-0.25, -0.2) is 9.59 Å². The van der Waals surface area contributed by atoms with Gasteiger partial charge in [0.15, 0.2) is 0 Å². The number of pyridine rings is 1. The number of rotatable bonds is 6. The van der Waals surface area contributed by atoms with E-state index in [0.29, 0.717) is 6.42 Å². The Morgan fingerprint density at radius 2 is 1.79 bits per heavy atom. The average molecular weight is 336 g/mol. The number of ether oxygens (including phenoxy) is 2. The number of esters is 1. The predicted octanol–water partition coefficient (Wildman–Crippen LogP) is 3.41. The fourth-order valence-electron chi connectivity index (χ4n) is 2.08. The van der Waals surface area contributed by atoms with Crippen LogP contribution in [-0.4, -0.2) is 40.6 Å². The standard InChI is InChI=1S/C18H28N2O4/c1-13(2)11-15(16(21)24-18(3,4)5)20(6)17(22)23-12-14-7-9-19-10-8-14/h7-10,13,15H,11-12H2,1-6H3. The zero-order valence-electron chi connectivity index (χ0n) is 15.4. The minimum Gasteiger partial charge on any atom is -0.458 e. The van der Waals surface area contributed by atoms with E-state index >= 15 is 0 Å². The van der Waals surface area contributed by atoms with E-state index in [2.05, 4.69) is 4.98 Å². The van der Waals surface area contributed by atoms with Gasteiger partial charge in [0.25, 0.3) is 0 Å². The van der Waals surface area contributed by atoms with Crippen LogP contribution < -0.4 is 0 Å². The fourth-order valence-corrected chi connectivity index (χ4v) is 2.08. The zero-order chi connectivity index (χ0) is 18.3. The van der Waals surface area contributed by atoms with Crippen molar-refractivity contribution >= 4 is 12.1 Å². The number of amides is 1. The summed E-state index contributed by atoms with van der Waals surface area (Å²) in [4.78, 5) is 30.0. The van der Waals surface area contributed by atoms with E-state index in [1.165, 1.54) is 4.90 Å². The Hall–Kier alpha value is -2.11. The van der Waals surface area contributed by atoms with Crippen molar-refractivity contribution in [1.29, 1.82) is 0 Å². The molecule has 0 bridgehead atoms. The molecule has 134 valence electrons. The molecule has 0 spiro atoms. The molecule has 6 nitrogen and oxygen atoms in total. The second-order valence-electron chi connectivity index (χ2n) is 7.20. The van der Waals surface area contributed by atoms with Gasteiger partial charge in [0, 0.05) is 19.4 Å². The van der Waals surface area contributed by atoms with Crippen LogP contribution in [0.5, 0.6) is 0 Å². The van der Waals surface area contributed by atoms with Gasteiger partial charge in [-0.15, -0.1) is 0 Å². The molecule has 1 atom stereocenters. The third kappa shape index (κ3) is 6.98. The van der Waals surface area contributed by atoms with Gasteiger partial charge < -0.3 is 9.47 Å². The number of aromatic nitrogens is 1. The highest BCUT2D eigenvalue weighted by molar-refractivity contribution is 5.81. The zero-order valence-corrected chi connectivity index (χ0v) is 15.4. The molecule has 0 radical (unpaired) electrons. The summed E-state index contributed by atoms with van der Waals surface area (Å²) in [5.74, 6) is -0.183. The Morgan fingerprint density at radius 1 is 1.21 bits per heavy atom. The summed E-state index contributed by atoms with van der Waals surface area (Å²) in [6, 6.07) is 2.87. The molecule has 0 N–H and O–H groups in total. The topological polar surface area (TPSA) is 68.7 Å². The van der Waals surface area contributed by atoms with Crippen molar-refractivity contribution in [1.82, 2.24) is 9.88 Å². The number of nitrogens with zero attached hydrogens (tertiary/aromatic N) is 2. The van der Waals surface area contributed by atoms with E-state index in [4.69, 9.17) is 9.47 Å². The Kier molecular flexibility index (Phi) is 7.19. The highest BCUT2D eigenvalue weighted by Crippen LogP contribution is 2.17. The summed E-state index contributed by atoms with van der Waals surface area (Å²) in [6.45, 7) is 9.53. The summed E-state index contributed by atoms with van der Waals surface area (Å²) in [5, 5.41) is 0. The van der Waals surface area contributed by atoms with Gasteiger partial charge in [-0.05, 0) is 50.8 Å². The van der Waals surface area contributed by atoms with Gasteiger partial charge in [0.05, 0.1) is 0 Å². The van der Waals surface area contributed by atoms with Crippen LogP contribution >= 0.6 is 0 Å². The lowest BCUT2D eigenvalue weighted by Gasteiger charge is -2.30. The van der Waals surface area contributed by atoms with Crippen molar-refractivity contribution in [2.75, 3.05) is 7.05 Å². The molecule has 0 aliphatic rings. The number of carbonyl (C=O) groups is 2. The van der Waals surface area contributed by atoms with Crippen molar-refractivity contribution < 1.29 is 19.1 Å². The molecule has 0 aromatic carbocycles. The third-order valence-corrected chi connectivity index (χ3v) is 3.24. The van der Waals surface area contributed by atoms with Crippen LogP contribution in [0.2, 0.25) is 0 Å². The molecule has 1 aromatic heterocycles. The molecule has 24 heavy (non-hydrogen) atoms. The van der Waals surface area contributed by atoms with Crippen LogP contribution in [0.15, 0.2) is 24.5 Å². The maximum absolute atomic E-state index is 12.4. The largest absolute Gasteiger partial charge is 0.458 e.